The summed E-state index contributed by atoms with van der Waals surface area (Å²) in [5, 5.41) is 0. The number of rotatable bonds is 4. The molecule has 4 heteroatoms. The molecule has 1 aromatic carbocycles. The fourth-order valence-corrected chi connectivity index (χ4v) is 1.62. The second-order valence-corrected chi connectivity index (χ2v) is 3.53. The molecule has 0 spiro atoms. The maximum Gasteiger partial charge on any atom is 0.125 e. The first kappa shape index (κ1) is 10.7. The van der Waals surface area contributed by atoms with E-state index in [1.54, 1.807) is 18.5 Å². The van der Waals surface area contributed by atoms with Crippen molar-refractivity contribution in [3.05, 3.63) is 48.3 Å². The van der Waals surface area contributed by atoms with Gasteiger partial charge in [-0.2, -0.15) is 0 Å². The van der Waals surface area contributed by atoms with Gasteiger partial charge < -0.3 is 9.88 Å². The van der Waals surface area contributed by atoms with Crippen LogP contribution >= 0.6 is 0 Å². The molecule has 0 aliphatic heterocycles. The number of aromatic amines is 1. The first-order valence-electron chi connectivity index (χ1n) is 5.28. The minimum absolute atomic E-state index is 0.213. The van der Waals surface area contributed by atoms with Gasteiger partial charge in [0.15, 0.2) is 0 Å². The number of anilines is 1. The number of halogens is 1. The van der Waals surface area contributed by atoms with Gasteiger partial charge in [-0.3, -0.25) is 0 Å². The standard InChI is InChI=1S/C12H14FN3/c1-2-16(9-12-14-6-7-15-12)11-5-3-4-10(13)8-11/h3-8H,2,9H2,1H3,(H,14,15). The van der Waals surface area contributed by atoms with Crippen LogP contribution in [0.5, 0.6) is 0 Å². The Kier molecular flexibility index (Phi) is 3.19. The SMILES string of the molecule is CCN(Cc1ncc[nH]1)c1cccc(F)c1. The number of aromatic nitrogens is 2. The molecule has 0 atom stereocenters. The third kappa shape index (κ3) is 2.39. The predicted molar refractivity (Wildman–Crippen MR) is 61.7 cm³/mol. The van der Waals surface area contributed by atoms with Gasteiger partial charge >= 0.3 is 0 Å². The molecule has 3 nitrogen and oxygen atoms in total. The van der Waals surface area contributed by atoms with Crippen LogP contribution in [0.2, 0.25) is 0 Å². The lowest BCUT2D eigenvalue weighted by Crippen LogP contribution is -2.22. The summed E-state index contributed by atoms with van der Waals surface area (Å²) in [7, 11) is 0. The molecule has 2 rings (SSSR count). The van der Waals surface area contributed by atoms with E-state index in [0.717, 1.165) is 18.1 Å². The van der Waals surface area contributed by atoms with Crippen LogP contribution < -0.4 is 4.90 Å². The Hall–Kier alpha value is -1.84. The lowest BCUT2D eigenvalue weighted by atomic mass is 10.2. The van der Waals surface area contributed by atoms with Crippen molar-refractivity contribution in [3.8, 4) is 0 Å². The molecule has 2 aromatic rings. The largest absolute Gasteiger partial charge is 0.364 e. The number of hydrogen-bond donors (Lipinski definition) is 1. The van der Waals surface area contributed by atoms with Crippen molar-refractivity contribution in [2.75, 3.05) is 11.4 Å². The van der Waals surface area contributed by atoms with E-state index < -0.39 is 0 Å². The zero-order valence-electron chi connectivity index (χ0n) is 9.15. The molecule has 0 unspecified atom stereocenters. The van der Waals surface area contributed by atoms with Gasteiger partial charge in [0, 0.05) is 24.6 Å². The highest BCUT2D eigenvalue weighted by atomic mass is 19.1. The summed E-state index contributed by atoms with van der Waals surface area (Å²) in [5.41, 5.74) is 0.874. The first-order valence-corrected chi connectivity index (χ1v) is 5.28. The van der Waals surface area contributed by atoms with Crippen LogP contribution in [-0.4, -0.2) is 16.5 Å². The molecular weight excluding hydrogens is 205 g/mol. The number of H-pyrrole nitrogens is 1. The van der Waals surface area contributed by atoms with Crippen LogP contribution in [0.1, 0.15) is 12.7 Å². The van der Waals surface area contributed by atoms with Crippen molar-refractivity contribution >= 4 is 5.69 Å². The predicted octanol–water partition coefficient (Wildman–Crippen LogP) is 2.58. The zero-order chi connectivity index (χ0) is 11.4. The van der Waals surface area contributed by atoms with Gasteiger partial charge in [-0.25, -0.2) is 9.37 Å². The van der Waals surface area contributed by atoms with Gasteiger partial charge in [0.1, 0.15) is 11.6 Å². The lowest BCUT2D eigenvalue weighted by Gasteiger charge is -2.21. The molecule has 0 aliphatic carbocycles. The normalized spacial score (nSPS) is 10.4. The third-order valence-electron chi connectivity index (χ3n) is 2.45. The number of imidazole rings is 1. The molecule has 0 amide bonds. The van der Waals surface area contributed by atoms with Gasteiger partial charge in [-0.05, 0) is 25.1 Å². The molecule has 1 aromatic heterocycles. The van der Waals surface area contributed by atoms with Crippen molar-refractivity contribution in [1.82, 2.24) is 9.97 Å². The fraction of sp³-hybridized carbons (Fsp3) is 0.250. The van der Waals surface area contributed by atoms with Gasteiger partial charge in [0.25, 0.3) is 0 Å². The maximum atomic E-state index is 13.1. The monoisotopic (exact) mass is 219 g/mol. The average molecular weight is 219 g/mol. The fourth-order valence-electron chi connectivity index (χ4n) is 1.62. The summed E-state index contributed by atoms with van der Waals surface area (Å²) in [6.07, 6.45) is 3.50. The average Bonchev–Trinajstić information content (AvgIpc) is 2.78. The molecule has 0 bridgehead atoms. The number of hydrogen-bond acceptors (Lipinski definition) is 2. The first-order chi connectivity index (χ1) is 7.79. The van der Waals surface area contributed by atoms with E-state index in [1.807, 2.05) is 13.0 Å². The van der Waals surface area contributed by atoms with E-state index in [0.29, 0.717) is 6.54 Å². The van der Waals surface area contributed by atoms with Crippen LogP contribution in [0.4, 0.5) is 10.1 Å². The highest BCUT2D eigenvalue weighted by Gasteiger charge is 2.07. The van der Waals surface area contributed by atoms with E-state index in [1.165, 1.54) is 12.1 Å². The van der Waals surface area contributed by atoms with E-state index in [2.05, 4.69) is 14.9 Å². The van der Waals surface area contributed by atoms with Gasteiger partial charge in [0.2, 0.25) is 0 Å². The second-order valence-electron chi connectivity index (χ2n) is 3.53. The Labute approximate surface area is 93.9 Å². The zero-order valence-corrected chi connectivity index (χ0v) is 9.15. The Morgan fingerprint density at radius 2 is 2.31 bits per heavy atom. The van der Waals surface area contributed by atoms with E-state index >= 15 is 0 Å². The summed E-state index contributed by atoms with van der Waals surface area (Å²) in [4.78, 5) is 9.26. The molecule has 16 heavy (non-hydrogen) atoms. The third-order valence-corrected chi connectivity index (χ3v) is 2.45. The lowest BCUT2D eigenvalue weighted by molar-refractivity contribution is 0.626. The Morgan fingerprint density at radius 3 is 2.94 bits per heavy atom. The molecule has 1 N–H and O–H groups in total. The summed E-state index contributed by atoms with van der Waals surface area (Å²) in [6.45, 7) is 3.50. The van der Waals surface area contributed by atoms with E-state index in [9.17, 15) is 4.39 Å². The van der Waals surface area contributed by atoms with Crippen molar-refractivity contribution in [2.45, 2.75) is 13.5 Å². The molecule has 0 fully saturated rings. The molecule has 1 heterocycles. The topological polar surface area (TPSA) is 31.9 Å². The highest BCUT2D eigenvalue weighted by Crippen LogP contribution is 2.16. The summed E-state index contributed by atoms with van der Waals surface area (Å²) >= 11 is 0. The molecular formula is C12H14FN3. The number of nitrogens with zero attached hydrogens (tertiary/aromatic N) is 2. The Balaban J connectivity index is 2.16. The minimum Gasteiger partial charge on any atom is -0.364 e. The maximum absolute atomic E-state index is 13.1. The van der Waals surface area contributed by atoms with Gasteiger partial charge in [-0.1, -0.05) is 6.07 Å². The highest BCUT2D eigenvalue weighted by molar-refractivity contribution is 5.46. The molecule has 0 saturated carbocycles. The number of nitrogens with one attached hydrogen (secondary N) is 1. The van der Waals surface area contributed by atoms with Crippen LogP contribution in [0.15, 0.2) is 36.7 Å². The smallest absolute Gasteiger partial charge is 0.125 e. The van der Waals surface area contributed by atoms with Crippen molar-refractivity contribution < 1.29 is 4.39 Å². The second kappa shape index (κ2) is 4.79. The van der Waals surface area contributed by atoms with Crippen LogP contribution in [0, 0.1) is 5.82 Å². The van der Waals surface area contributed by atoms with E-state index in [-0.39, 0.29) is 5.82 Å². The van der Waals surface area contributed by atoms with Crippen LogP contribution in [-0.2, 0) is 6.54 Å². The minimum atomic E-state index is -0.213. The quantitative estimate of drug-likeness (QED) is 0.857. The van der Waals surface area contributed by atoms with Crippen LogP contribution in [0.3, 0.4) is 0 Å². The van der Waals surface area contributed by atoms with Crippen molar-refractivity contribution in [3.63, 3.8) is 0 Å². The number of benzene rings is 1. The summed E-state index contributed by atoms with van der Waals surface area (Å²) in [6, 6.07) is 6.60. The van der Waals surface area contributed by atoms with Gasteiger partial charge in [-0.15, -0.1) is 0 Å². The van der Waals surface area contributed by atoms with E-state index in [4.69, 9.17) is 0 Å². The Bertz CT molecular complexity index is 439. The Morgan fingerprint density at radius 1 is 1.44 bits per heavy atom. The molecule has 0 aliphatic rings. The summed E-state index contributed by atoms with van der Waals surface area (Å²) < 4.78 is 13.1. The van der Waals surface area contributed by atoms with Crippen molar-refractivity contribution in [1.29, 1.82) is 0 Å². The van der Waals surface area contributed by atoms with Crippen LogP contribution in [0.25, 0.3) is 0 Å². The van der Waals surface area contributed by atoms with Gasteiger partial charge in [0.05, 0.1) is 6.54 Å². The summed E-state index contributed by atoms with van der Waals surface area (Å²) in [5.74, 6) is 0.668. The molecule has 0 radical (unpaired) electrons. The molecule has 84 valence electrons. The molecule has 0 saturated heterocycles. The van der Waals surface area contributed by atoms with Crippen molar-refractivity contribution in [2.24, 2.45) is 0 Å².